The number of hydrogen-bond acceptors (Lipinski definition) is 3. The number of pyridine rings is 1. The quantitative estimate of drug-likeness (QED) is 0.651. The van der Waals surface area contributed by atoms with Gasteiger partial charge in [0, 0.05) is 33.8 Å². The van der Waals surface area contributed by atoms with Gasteiger partial charge in [-0.2, -0.15) is 0 Å². The van der Waals surface area contributed by atoms with Gasteiger partial charge in [-0.15, -0.1) is 0 Å². The van der Waals surface area contributed by atoms with Crippen LogP contribution in [-0.2, 0) is 5.41 Å². The predicted octanol–water partition coefficient (Wildman–Crippen LogP) is 0.367. The fourth-order valence-corrected chi connectivity index (χ4v) is 0.890. The van der Waals surface area contributed by atoms with E-state index in [1.165, 1.54) is 0 Å². The summed E-state index contributed by atoms with van der Waals surface area (Å²) in [6, 6.07) is 0.498. The molecule has 1 rings (SSSR count). The maximum atomic E-state index is 9.42. The van der Waals surface area contributed by atoms with Crippen LogP contribution in [0.25, 0.3) is 0 Å². The maximum absolute atomic E-state index is 9.42. The number of aromatic nitrogens is 1. The van der Waals surface area contributed by atoms with Crippen molar-refractivity contribution in [2.75, 3.05) is 0 Å². The summed E-state index contributed by atoms with van der Waals surface area (Å²) in [5.74, 6) is 0. The first-order valence-corrected chi connectivity index (χ1v) is 3.65. The zero-order chi connectivity index (χ0) is 20.9. The Labute approximate surface area is 102 Å². The highest BCUT2D eigenvalue weighted by Gasteiger charge is 2.20. The molecule has 0 spiro atoms. The monoisotopic (exact) mass is 205 g/mol. The third kappa shape index (κ3) is 2.33. The summed E-state index contributed by atoms with van der Waals surface area (Å²) in [5.41, 5.74) is -5.90. The van der Waals surface area contributed by atoms with Crippen molar-refractivity contribution in [3.63, 3.8) is 0 Å². The standard InChI is InChI=1S/C10H16BNO2/c1-7-6-12-9(10(2,3)4)5-8(7)11(13)14/h5-6,13-14H,1-4H3/i1D3,2D3,3D3,4D3. The van der Waals surface area contributed by atoms with Crippen LogP contribution in [0.3, 0.4) is 0 Å². The van der Waals surface area contributed by atoms with Crippen LogP contribution in [0, 0.1) is 6.85 Å². The summed E-state index contributed by atoms with van der Waals surface area (Å²) in [7, 11) is -2.42. The largest absolute Gasteiger partial charge is 0.488 e. The molecule has 0 amide bonds. The molecular weight excluding hydrogens is 177 g/mol. The van der Waals surface area contributed by atoms with E-state index in [1.54, 1.807) is 0 Å². The summed E-state index contributed by atoms with van der Waals surface area (Å²) in [5, 5.41) is 18.8. The van der Waals surface area contributed by atoms with Gasteiger partial charge in [-0.3, -0.25) is 4.98 Å². The van der Waals surface area contributed by atoms with E-state index in [4.69, 9.17) is 16.4 Å². The lowest BCUT2D eigenvalue weighted by atomic mass is 9.76. The van der Waals surface area contributed by atoms with Gasteiger partial charge in [0.25, 0.3) is 0 Å². The molecule has 14 heavy (non-hydrogen) atoms. The van der Waals surface area contributed by atoms with E-state index in [9.17, 15) is 10.0 Å². The molecule has 2 N–H and O–H groups in total. The Balaban J connectivity index is 4.00. The van der Waals surface area contributed by atoms with Crippen molar-refractivity contribution >= 4 is 12.6 Å². The van der Waals surface area contributed by atoms with Crippen molar-refractivity contribution in [3.8, 4) is 0 Å². The molecule has 0 aliphatic heterocycles. The topological polar surface area (TPSA) is 53.4 Å². The zero-order valence-electron chi connectivity index (χ0n) is 19.1. The fraction of sp³-hybridized carbons (Fsp3) is 0.500. The van der Waals surface area contributed by atoms with Crippen LogP contribution in [0.1, 0.15) is 48.3 Å². The molecule has 0 fully saturated rings. The van der Waals surface area contributed by atoms with Gasteiger partial charge in [0.05, 0.1) is 0 Å². The van der Waals surface area contributed by atoms with Gasteiger partial charge in [0.15, 0.2) is 0 Å². The average molecular weight is 205 g/mol. The number of aryl methyl sites for hydroxylation is 1. The Hall–Kier alpha value is -0.865. The minimum atomic E-state index is -3.60. The second-order valence-corrected chi connectivity index (χ2v) is 2.78. The van der Waals surface area contributed by atoms with Gasteiger partial charge < -0.3 is 10.0 Å². The molecule has 1 aromatic heterocycles. The molecule has 0 unspecified atom stereocenters. The van der Waals surface area contributed by atoms with Crippen LogP contribution in [0.15, 0.2) is 12.3 Å². The molecule has 0 bridgehead atoms. The van der Waals surface area contributed by atoms with E-state index >= 15 is 0 Å². The summed E-state index contributed by atoms with van der Waals surface area (Å²) in [6.45, 7) is -13.7. The third-order valence-electron chi connectivity index (χ3n) is 1.60. The molecule has 4 heteroatoms. The summed E-state index contributed by atoms with van der Waals surface area (Å²) >= 11 is 0. The van der Waals surface area contributed by atoms with Crippen LogP contribution in [0.4, 0.5) is 0 Å². The Morgan fingerprint density at radius 3 is 2.64 bits per heavy atom. The highest BCUT2D eigenvalue weighted by Crippen LogP contribution is 2.18. The highest BCUT2D eigenvalue weighted by molar-refractivity contribution is 6.59. The molecule has 76 valence electrons. The molecule has 3 nitrogen and oxygen atoms in total. The Morgan fingerprint density at radius 2 is 2.14 bits per heavy atom. The zero-order valence-corrected chi connectivity index (χ0v) is 7.07. The molecule has 0 saturated carbocycles. The van der Waals surface area contributed by atoms with Crippen LogP contribution < -0.4 is 5.46 Å². The first kappa shape index (κ1) is 3.06. The van der Waals surface area contributed by atoms with Crippen LogP contribution in [0.5, 0.6) is 0 Å². The minimum absolute atomic E-state index is 0.498. The number of rotatable bonds is 1. The Morgan fingerprint density at radius 1 is 1.43 bits per heavy atom. The molecule has 0 aliphatic rings. The summed E-state index contributed by atoms with van der Waals surface area (Å²) in [4.78, 5) is 3.50. The second kappa shape index (κ2) is 3.71. The van der Waals surface area contributed by atoms with E-state index in [1.807, 2.05) is 0 Å². The molecular formula is C10H16BNO2. The first-order valence-electron chi connectivity index (χ1n) is 9.65. The first-order chi connectivity index (χ1) is 11.3. The van der Waals surface area contributed by atoms with Gasteiger partial charge in [-0.05, 0) is 23.9 Å². The summed E-state index contributed by atoms with van der Waals surface area (Å²) in [6.07, 6.45) is 0.537. The molecule has 0 atom stereocenters. The summed E-state index contributed by atoms with van der Waals surface area (Å²) < 4.78 is 90.2. The lowest BCUT2D eigenvalue weighted by molar-refractivity contribution is 0.425. The van der Waals surface area contributed by atoms with Crippen LogP contribution in [-0.4, -0.2) is 22.2 Å². The maximum Gasteiger partial charge on any atom is 0.488 e. The normalized spacial score (nSPS) is 27.9. The van der Waals surface area contributed by atoms with Crippen LogP contribution in [0.2, 0.25) is 0 Å². The van der Waals surface area contributed by atoms with E-state index in [-0.39, 0.29) is 0 Å². The third-order valence-corrected chi connectivity index (χ3v) is 1.60. The molecule has 1 heterocycles. The minimum Gasteiger partial charge on any atom is -0.423 e. The van der Waals surface area contributed by atoms with Gasteiger partial charge in [0.1, 0.15) is 0 Å². The Bertz CT molecular complexity index is 624. The van der Waals surface area contributed by atoms with Crippen molar-refractivity contribution in [2.45, 2.75) is 32.8 Å². The average Bonchev–Trinajstić information content (AvgIpc) is 2.32. The van der Waals surface area contributed by atoms with Gasteiger partial charge >= 0.3 is 7.12 Å². The van der Waals surface area contributed by atoms with Crippen molar-refractivity contribution in [3.05, 3.63) is 23.5 Å². The van der Waals surface area contributed by atoms with E-state index in [0.717, 1.165) is 0 Å². The van der Waals surface area contributed by atoms with Gasteiger partial charge in [-0.25, -0.2) is 0 Å². The second-order valence-electron chi connectivity index (χ2n) is 2.78. The molecule has 0 radical (unpaired) electrons. The Kier molecular flexibility index (Phi) is 0.812. The van der Waals surface area contributed by atoms with E-state index < -0.39 is 56.7 Å². The lowest BCUT2D eigenvalue weighted by Crippen LogP contribution is -2.34. The molecule has 0 aliphatic carbocycles. The molecule has 1 aromatic rings. The SMILES string of the molecule is [2H]C([2H])([2H])c1cnc(C(C([2H])([2H])[2H])(C([2H])([2H])[2H])C([2H])([2H])[2H])cc1B(O)O. The van der Waals surface area contributed by atoms with E-state index in [0.29, 0.717) is 12.3 Å². The van der Waals surface area contributed by atoms with Crippen molar-refractivity contribution < 1.29 is 26.5 Å². The van der Waals surface area contributed by atoms with Crippen molar-refractivity contribution in [1.82, 2.24) is 4.98 Å². The number of nitrogens with zero attached hydrogens (tertiary/aromatic N) is 1. The predicted molar refractivity (Wildman–Crippen MR) is 57.5 cm³/mol. The van der Waals surface area contributed by atoms with Crippen LogP contribution >= 0.6 is 0 Å². The van der Waals surface area contributed by atoms with Gasteiger partial charge in [-0.1, -0.05) is 20.6 Å². The lowest BCUT2D eigenvalue weighted by Gasteiger charge is -2.19. The highest BCUT2D eigenvalue weighted by atomic mass is 16.4. The number of hydrogen-bond donors (Lipinski definition) is 2. The fourth-order valence-electron chi connectivity index (χ4n) is 0.890. The molecule has 0 saturated heterocycles. The van der Waals surface area contributed by atoms with E-state index in [2.05, 4.69) is 4.98 Å². The van der Waals surface area contributed by atoms with Crippen molar-refractivity contribution in [2.24, 2.45) is 0 Å². The smallest absolute Gasteiger partial charge is 0.423 e. The van der Waals surface area contributed by atoms with Gasteiger partial charge in [0.2, 0.25) is 0 Å². The van der Waals surface area contributed by atoms with Crippen molar-refractivity contribution in [1.29, 1.82) is 0 Å². The molecule has 0 aromatic carbocycles.